The summed E-state index contributed by atoms with van der Waals surface area (Å²) >= 11 is 3.16. The van der Waals surface area contributed by atoms with E-state index in [4.69, 9.17) is 5.73 Å². The molecular weight excluding hydrogens is 407 g/mol. The molecule has 3 N–H and O–H groups in total. The molecule has 8 heteroatoms. The van der Waals surface area contributed by atoms with Gasteiger partial charge in [-0.1, -0.05) is 6.07 Å². The molecule has 0 fully saturated rings. The minimum atomic E-state index is -0.446. The quantitative estimate of drug-likeness (QED) is 0.426. The van der Waals surface area contributed by atoms with Crippen LogP contribution in [0.5, 0.6) is 0 Å². The highest BCUT2D eigenvalue weighted by atomic mass is 32.1. The van der Waals surface area contributed by atoms with E-state index in [-0.39, 0.29) is 5.82 Å². The second-order valence-corrected chi connectivity index (χ2v) is 8.43. The zero-order valence-electron chi connectivity index (χ0n) is 15.7. The van der Waals surface area contributed by atoms with Crippen LogP contribution in [0, 0.1) is 12.7 Å². The van der Waals surface area contributed by atoms with Crippen molar-refractivity contribution in [3.8, 4) is 11.4 Å². The molecule has 0 spiro atoms. The first kappa shape index (κ1) is 19.4. The molecule has 29 heavy (non-hydrogen) atoms. The van der Waals surface area contributed by atoms with E-state index in [1.165, 1.54) is 28.3 Å². The van der Waals surface area contributed by atoms with Crippen LogP contribution >= 0.6 is 22.7 Å². The minimum absolute atomic E-state index is 0.284. The van der Waals surface area contributed by atoms with E-state index in [0.29, 0.717) is 10.7 Å². The van der Waals surface area contributed by atoms with Crippen LogP contribution in [0.3, 0.4) is 0 Å². The number of benzene rings is 1. The topological polar surface area (TPSA) is 72.9 Å². The summed E-state index contributed by atoms with van der Waals surface area (Å²) in [5, 5.41) is 7.87. The van der Waals surface area contributed by atoms with Gasteiger partial charge in [-0.3, -0.25) is 4.79 Å². The fourth-order valence-electron chi connectivity index (χ4n) is 3.18. The van der Waals surface area contributed by atoms with Gasteiger partial charge < -0.3 is 15.6 Å². The molecule has 0 unspecified atom stereocenters. The largest absolute Gasteiger partial charge is 0.366 e. The van der Waals surface area contributed by atoms with Crippen molar-refractivity contribution in [2.24, 2.45) is 5.73 Å². The summed E-state index contributed by atoms with van der Waals surface area (Å²) in [7, 11) is 0. The predicted molar refractivity (Wildman–Crippen MR) is 117 cm³/mol. The van der Waals surface area contributed by atoms with Gasteiger partial charge in [-0.05, 0) is 55.1 Å². The number of aryl methyl sites for hydroxylation is 1. The average molecular weight is 427 g/mol. The third-order valence-electron chi connectivity index (χ3n) is 4.66. The van der Waals surface area contributed by atoms with Gasteiger partial charge in [0.15, 0.2) is 5.13 Å². The third kappa shape index (κ3) is 4.23. The second-order valence-electron chi connectivity index (χ2n) is 6.54. The number of hydrogen-bond donors (Lipinski definition) is 2. The zero-order valence-corrected chi connectivity index (χ0v) is 17.3. The van der Waals surface area contributed by atoms with Crippen molar-refractivity contribution in [2.75, 3.05) is 5.32 Å². The summed E-state index contributed by atoms with van der Waals surface area (Å²) in [6.45, 7) is 2.63. The van der Waals surface area contributed by atoms with Crippen LogP contribution in [-0.4, -0.2) is 15.5 Å². The highest BCUT2D eigenvalue weighted by Gasteiger charge is 2.18. The van der Waals surface area contributed by atoms with Crippen LogP contribution in [0.25, 0.3) is 11.4 Å². The van der Waals surface area contributed by atoms with E-state index in [1.807, 2.05) is 24.4 Å². The van der Waals surface area contributed by atoms with E-state index >= 15 is 0 Å². The van der Waals surface area contributed by atoms with Gasteiger partial charge in [-0.25, -0.2) is 9.37 Å². The number of carbonyl (C=O) groups excluding carboxylic acids is 1. The van der Waals surface area contributed by atoms with Crippen molar-refractivity contribution in [1.82, 2.24) is 9.55 Å². The molecule has 4 aromatic rings. The van der Waals surface area contributed by atoms with Crippen LogP contribution < -0.4 is 11.1 Å². The predicted octanol–water partition coefficient (Wildman–Crippen LogP) is 5.21. The number of rotatable bonds is 7. The van der Waals surface area contributed by atoms with Crippen molar-refractivity contribution in [2.45, 2.75) is 19.9 Å². The highest BCUT2D eigenvalue weighted by molar-refractivity contribution is 7.14. The summed E-state index contributed by atoms with van der Waals surface area (Å²) in [6.07, 6.45) is 0.864. The van der Waals surface area contributed by atoms with Gasteiger partial charge in [0.1, 0.15) is 5.82 Å². The summed E-state index contributed by atoms with van der Waals surface area (Å²) < 4.78 is 15.2. The lowest BCUT2D eigenvalue weighted by atomic mass is 10.2. The molecule has 4 rings (SSSR count). The van der Waals surface area contributed by atoms with Crippen LogP contribution in [0.4, 0.5) is 15.2 Å². The number of primary amides is 1. The Morgan fingerprint density at radius 1 is 1.24 bits per heavy atom. The number of amides is 1. The number of nitrogens with zero attached hydrogens (tertiary/aromatic N) is 2. The van der Waals surface area contributed by atoms with E-state index in [2.05, 4.69) is 26.3 Å². The Balaban J connectivity index is 1.63. The van der Waals surface area contributed by atoms with Crippen LogP contribution in [-0.2, 0) is 13.0 Å². The SMILES string of the molecule is Cc1c(C(N)=O)cc(-c2csc(Nc3ccc(F)cc3)n2)n1CCc1cccs1. The number of anilines is 2. The summed E-state index contributed by atoms with van der Waals surface area (Å²) in [4.78, 5) is 17.8. The Morgan fingerprint density at radius 3 is 2.72 bits per heavy atom. The first-order valence-electron chi connectivity index (χ1n) is 9.02. The third-order valence-corrected chi connectivity index (χ3v) is 6.35. The molecule has 148 valence electrons. The van der Waals surface area contributed by atoms with Crippen LogP contribution in [0.2, 0.25) is 0 Å². The van der Waals surface area contributed by atoms with Gasteiger partial charge in [-0.15, -0.1) is 22.7 Å². The summed E-state index contributed by atoms with van der Waals surface area (Å²) in [6, 6.07) is 12.1. The van der Waals surface area contributed by atoms with Crippen molar-refractivity contribution in [3.05, 3.63) is 75.2 Å². The fourth-order valence-corrected chi connectivity index (χ4v) is 4.60. The molecule has 1 aromatic carbocycles. The molecular formula is C21H19FN4OS2. The zero-order chi connectivity index (χ0) is 20.4. The van der Waals surface area contributed by atoms with Gasteiger partial charge in [0, 0.05) is 28.2 Å². The van der Waals surface area contributed by atoms with Gasteiger partial charge in [0.25, 0.3) is 5.91 Å². The molecule has 3 aromatic heterocycles. The van der Waals surface area contributed by atoms with Crippen molar-refractivity contribution in [1.29, 1.82) is 0 Å². The smallest absolute Gasteiger partial charge is 0.250 e. The Bertz CT molecular complexity index is 1130. The van der Waals surface area contributed by atoms with E-state index < -0.39 is 5.91 Å². The Morgan fingerprint density at radius 2 is 2.03 bits per heavy atom. The normalized spacial score (nSPS) is 11.0. The van der Waals surface area contributed by atoms with Crippen LogP contribution in [0.1, 0.15) is 20.9 Å². The van der Waals surface area contributed by atoms with E-state index in [9.17, 15) is 9.18 Å². The molecule has 0 atom stereocenters. The van der Waals surface area contributed by atoms with Crippen molar-refractivity contribution < 1.29 is 9.18 Å². The first-order chi connectivity index (χ1) is 14.0. The summed E-state index contributed by atoms with van der Waals surface area (Å²) in [5.41, 5.74) is 9.30. The molecule has 3 heterocycles. The second kappa shape index (κ2) is 8.18. The number of aromatic nitrogens is 2. The Kier molecular flexibility index (Phi) is 5.46. The highest BCUT2D eigenvalue weighted by Crippen LogP contribution is 2.31. The Hall–Kier alpha value is -2.97. The molecule has 0 saturated carbocycles. The Labute approximate surface area is 175 Å². The molecule has 0 bridgehead atoms. The molecule has 0 saturated heterocycles. The molecule has 1 amide bonds. The maximum atomic E-state index is 13.1. The maximum absolute atomic E-state index is 13.1. The van der Waals surface area contributed by atoms with E-state index in [1.54, 1.807) is 23.5 Å². The van der Waals surface area contributed by atoms with Gasteiger partial charge in [0.05, 0.1) is 17.0 Å². The van der Waals surface area contributed by atoms with Crippen LogP contribution in [0.15, 0.2) is 53.2 Å². The number of nitrogens with two attached hydrogens (primary N) is 1. The first-order valence-corrected chi connectivity index (χ1v) is 10.8. The number of halogens is 1. The van der Waals surface area contributed by atoms with Crippen molar-refractivity contribution >= 4 is 39.4 Å². The monoisotopic (exact) mass is 426 g/mol. The average Bonchev–Trinajstić information content (AvgIpc) is 3.42. The van der Waals surface area contributed by atoms with E-state index in [0.717, 1.165) is 35.7 Å². The number of thiazole rings is 1. The number of nitrogens with one attached hydrogen (secondary N) is 1. The van der Waals surface area contributed by atoms with Crippen molar-refractivity contribution in [3.63, 3.8) is 0 Å². The fraction of sp³-hybridized carbons (Fsp3) is 0.143. The standard InChI is InChI=1S/C21H19FN4OS2/c1-13-17(20(23)27)11-19(26(13)9-8-16-3-2-10-28-16)18-12-29-21(25-18)24-15-6-4-14(22)5-7-15/h2-7,10-12H,8-9H2,1H3,(H2,23,27)(H,24,25). The van der Waals surface area contributed by atoms with Gasteiger partial charge in [0.2, 0.25) is 0 Å². The maximum Gasteiger partial charge on any atom is 0.250 e. The minimum Gasteiger partial charge on any atom is -0.366 e. The number of carbonyl (C=O) groups is 1. The lowest BCUT2D eigenvalue weighted by Crippen LogP contribution is -2.13. The summed E-state index contributed by atoms with van der Waals surface area (Å²) in [5.74, 6) is -0.730. The van der Waals surface area contributed by atoms with Gasteiger partial charge in [-0.2, -0.15) is 0 Å². The lowest BCUT2D eigenvalue weighted by molar-refractivity contribution is 0.0999. The molecule has 0 aliphatic rings. The number of thiophene rings is 1. The molecule has 0 aliphatic carbocycles. The van der Waals surface area contributed by atoms with Gasteiger partial charge >= 0.3 is 0 Å². The lowest BCUT2D eigenvalue weighted by Gasteiger charge is -2.10. The molecule has 0 radical (unpaired) electrons. The number of hydrogen-bond acceptors (Lipinski definition) is 5. The molecule has 0 aliphatic heterocycles. The molecule has 5 nitrogen and oxygen atoms in total.